The molecule has 0 aromatic heterocycles. The minimum absolute atomic E-state index is 0. The number of unbranched alkanes of at least 4 members (excludes halogenated alkanes) is 2. The molecule has 1 N–H and O–H groups in total. The number of phosphoric acid groups is 1. The van der Waals surface area contributed by atoms with Crippen LogP contribution in [0, 0.1) is 0 Å². The molecule has 10 heteroatoms. The monoisotopic (exact) mass is 298 g/mol. The van der Waals surface area contributed by atoms with Crippen molar-refractivity contribution in [2.24, 2.45) is 0 Å². The van der Waals surface area contributed by atoms with Crippen LogP contribution in [0.25, 0.3) is 0 Å². The first-order valence-corrected chi connectivity index (χ1v) is 8.23. The van der Waals surface area contributed by atoms with Crippen molar-refractivity contribution in [3.63, 3.8) is 0 Å². The molecule has 0 unspecified atom stereocenters. The van der Waals surface area contributed by atoms with E-state index >= 15 is 0 Å². The summed E-state index contributed by atoms with van der Waals surface area (Å²) in [5.74, 6) is 0. The molecule has 0 radical (unpaired) electrons. The molecule has 0 aromatic rings. The first-order valence-electron chi connectivity index (χ1n) is 5.40. The summed E-state index contributed by atoms with van der Waals surface area (Å²) in [5, 5.41) is 0. The van der Waals surface area contributed by atoms with E-state index in [0.717, 1.165) is 12.8 Å². The Balaban J connectivity index is -0.00000128. The van der Waals surface area contributed by atoms with Gasteiger partial charge in [0.2, 0.25) is 0 Å². The average Bonchev–Trinajstić information content (AvgIpc) is 2.15. The van der Waals surface area contributed by atoms with Crippen LogP contribution in [-0.4, -0.2) is 26.2 Å². The molecule has 18 heavy (non-hydrogen) atoms. The van der Waals surface area contributed by atoms with Gasteiger partial charge < -0.3 is 1.43 Å². The van der Waals surface area contributed by atoms with E-state index in [-0.39, 0.29) is 33.5 Å². The van der Waals surface area contributed by atoms with Crippen molar-refractivity contribution >= 4 is 18.2 Å². The maximum Gasteiger partial charge on any atom is 1.00 e. The summed E-state index contributed by atoms with van der Waals surface area (Å²) in [6, 6.07) is 0. The molecule has 0 rings (SSSR count). The molecule has 0 atom stereocenters. The van der Waals surface area contributed by atoms with Crippen molar-refractivity contribution in [2.75, 3.05) is 13.2 Å². The van der Waals surface area contributed by atoms with Crippen LogP contribution >= 0.6 is 7.82 Å². The van der Waals surface area contributed by atoms with E-state index in [1.807, 2.05) is 13.8 Å². The van der Waals surface area contributed by atoms with Gasteiger partial charge in [-0.2, -0.15) is 8.42 Å². The predicted octanol–water partition coefficient (Wildman–Crippen LogP) is -0.336. The van der Waals surface area contributed by atoms with E-state index in [2.05, 4.69) is 3.97 Å². The Kier molecular flexibility index (Phi) is 12.1. The van der Waals surface area contributed by atoms with Gasteiger partial charge in [-0.15, -0.1) is 3.97 Å². The third-order valence-electron chi connectivity index (χ3n) is 1.68. The van der Waals surface area contributed by atoms with Gasteiger partial charge in [0.05, 0.1) is 13.2 Å². The summed E-state index contributed by atoms with van der Waals surface area (Å²) in [7, 11) is -9.11. The molecule has 0 aliphatic carbocycles. The molecule has 0 fully saturated rings. The normalized spacial score (nSPS) is 12.2. The topological polar surface area (TPSA) is 99.1 Å². The molecule has 106 valence electrons. The maximum absolute atomic E-state index is 11.8. The molecule has 0 amide bonds. The first kappa shape index (κ1) is 20.9. The second-order valence-electron chi connectivity index (χ2n) is 3.32. The molecule has 0 spiro atoms. The van der Waals surface area contributed by atoms with Crippen molar-refractivity contribution < 1.29 is 50.8 Å². The zero-order valence-corrected chi connectivity index (χ0v) is 12.7. The van der Waals surface area contributed by atoms with E-state index in [4.69, 9.17) is 13.6 Å². The Morgan fingerprint density at radius 2 is 1.50 bits per heavy atom. The number of hydrogen-bond acceptors (Lipinski definition) is 6. The van der Waals surface area contributed by atoms with Gasteiger partial charge in [-0.3, -0.25) is 13.6 Å². The van der Waals surface area contributed by atoms with Crippen LogP contribution in [0.2, 0.25) is 0 Å². The quantitative estimate of drug-likeness (QED) is 0.255. The number of hydrogen-bond donors (Lipinski definition) is 1. The molecule has 0 bridgehead atoms. The summed E-state index contributed by atoms with van der Waals surface area (Å²) >= 11 is 0. The van der Waals surface area contributed by atoms with Crippen molar-refractivity contribution in [3.05, 3.63) is 0 Å². The number of phosphoric ester groups is 1. The Labute approximate surface area is 122 Å². The average molecular weight is 298 g/mol. The van der Waals surface area contributed by atoms with Crippen LogP contribution in [-0.2, 0) is 28.0 Å². The van der Waals surface area contributed by atoms with E-state index in [1.54, 1.807) is 0 Å². The summed E-state index contributed by atoms with van der Waals surface area (Å²) < 4.78 is 54.8. The minimum atomic E-state index is -4.87. The summed E-state index contributed by atoms with van der Waals surface area (Å²) in [6.07, 6.45) is 2.72. The van der Waals surface area contributed by atoms with E-state index in [9.17, 15) is 13.0 Å². The van der Waals surface area contributed by atoms with Crippen molar-refractivity contribution in [1.29, 1.82) is 0 Å². The summed E-state index contributed by atoms with van der Waals surface area (Å²) in [5.41, 5.74) is 0. The second-order valence-corrected chi connectivity index (χ2v) is 6.19. The summed E-state index contributed by atoms with van der Waals surface area (Å²) in [4.78, 5) is 0. The van der Waals surface area contributed by atoms with Crippen LogP contribution in [0.4, 0.5) is 0 Å². The van der Waals surface area contributed by atoms with Gasteiger partial charge in [-0.1, -0.05) is 26.7 Å². The second kappa shape index (κ2) is 10.4. The SMILES string of the molecule is CCCCOP(=O)(OCCCC)OS(=O)(=O)O.[H-].[Li+]. The Bertz CT molecular complexity index is 337. The van der Waals surface area contributed by atoms with Gasteiger partial charge in [-0.25, -0.2) is 4.57 Å². The van der Waals surface area contributed by atoms with Crippen molar-refractivity contribution in [3.8, 4) is 0 Å². The Hall–Kier alpha value is 0.617. The molecule has 0 aliphatic rings. The van der Waals surface area contributed by atoms with Crippen molar-refractivity contribution in [1.82, 2.24) is 0 Å². The fourth-order valence-corrected chi connectivity index (χ4v) is 2.88. The van der Waals surface area contributed by atoms with E-state index in [1.165, 1.54) is 0 Å². The molecule has 0 saturated heterocycles. The smallest absolute Gasteiger partial charge is 1.00 e. The van der Waals surface area contributed by atoms with E-state index < -0.39 is 18.2 Å². The fraction of sp³-hybridized carbons (Fsp3) is 1.00. The van der Waals surface area contributed by atoms with Gasteiger partial charge in [0.1, 0.15) is 0 Å². The Morgan fingerprint density at radius 3 is 1.78 bits per heavy atom. The fourth-order valence-electron chi connectivity index (χ4n) is 0.837. The maximum atomic E-state index is 11.8. The standard InChI is InChI=1S/C8H19O7PS.Li.H/c1-3-5-7-13-16(9,14-8-6-4-2)15-17(10,11)12;;/h3-8H2,1-2H3,(H,10,11,12);;/q;+1;-1. The third kappa shape index (κ3) is 11.7. The summed E-state index contributed by atoms with van der Waals surface area (Å²) in [6.45, 7) is 3.84. The van der Waals surface area contributed by atoms with E-state index in [0.29, 0.717) is 12.8 Å². The predicted molar refractivity (Wildman–Crippen MR) is 63.1 cm³/mol. The molecule has 0 aromatic carbocycles. The van der Waals surface area contributed by atoms with Crippen LogP contribution < -0.4 is 18.9 Å². The van der Waals surface area contributed by atoms with Gasteiger partial charge in [0.25, 0.3) is 0 Å². The number of rotatable bonds is 10. The molecule has 7 nitrogen and oxygen atoms in total. The van der Waals surface area contributed by atoms with Crippen molar-refractivity contribution in [2.45, 2.75) is 39.5 Å². The van der Waals surface area contributed by atoms with Gasteiger partial charge in [-0.05, 0) is 12.8 Å². The van der Waals surface area contributed by atoms with Crippen LogP contribution in [0.3, 0.4) is 0 Å². The zero-order valence-electron chi connectivity index (χ0n) is 12.0. The molecule has 0 saturated carbocycles. The largest absolute Gasteiger partial charge is 1.00 e. The minimum Gasteiger partial charge on any atom is -1.00 e. The van der Waals surface area contributed by atoms with Crippen LogP contribution in [0.1, 0.15) is 41.0 Å². The zero-order chi connectivity index (χ0) is 13.4. The molecular weight excluding hydrogens is 278 g/mol. The first-order chi connectivity index (χ1) is 7.83. The van der Waals surface area contributed by atoms with Gasteiger partial charge >= 0.3 is 37.1 Å². The van der Waals surface area contributed by atoms with Gasteiger partial charge in [0, 0.05) is 0 Å². The Morgan fingerprint density at radius 1 is 1.11 bits per heavy atom. The van der Waals surface area contributed by atoms with Gasteiger partial charge in [0.15, 0.2) is 0 Å². The van der Waals surface area contributed by atoms with Crippen LogP contribution in [0.5, 0.6) is 0 Å². The third-order valence-corrected chi connectivity index (χ3v) is 4.16. The molecular formula is C8H20LiO7PS. The molecule has 0 heterocycles. The molecule has 0 aliphatic heterocycles. The van der Waals surface area contributed by atoms with Crippen LogP contribution in [0.15, 0.2) is 0 Å².